The van der Waals surface area contributed by atoms with E-state index in [-0.39, 0.29) is 18.6 Å². The Morgan fingerprint density at radius 2 is 1.83 bits per heavy atom. The van der Waals surface area contributed by atoms with Gasteiger partial charge in [0, 0.05) is 5.69 Å². The molecule has 128 valence electrons. The molecule has 0 saturated carbocycles. The van der Waals surface area contributed by atoms with Gasteiger partial charge >= 0.3 is 0 Å². The second kappa shape index (κ2) is 7.83. The van der Waals surface area contributed by atoms with E-state index in [4.69, 9.17) is 4.74 Å². The summed E-state index contributed by atoms with van der Waals surface area (Å²) >= 11 is 0. The highest BCUT2D eigenvalue weighted by molar-refractivity contribution is 7.92. The Morgan fingerprint density at radius 3 is 2.50 bits per heavy atom. The summed E-state index contributed by atoms with van der Waals surface area (Å²) in [6.45, 7) is 1.73. The van der Waals surface area contributed by atoms with Crippen LogP contribution < -0.4 is 14.8 Å². The molecule has 0 aliphatic heterocycles. The number of hydrogen-bond donors (Lipinski definition) is 2. The van der Waals surface area contributed by atoms with Crippen LogP contribution >= 0.6 is 0 Å². The standard InChI is InChI=1S/C17H20N2O4S/c1-13(14-7-6-8-15(11-14)19-24(2,21)22)18-17(20)12-23-16-9-4-3-5-10-16/h3-11,13,19H,12H2,1-2H3,(H,18,20)/t13-/m0/s1. The van der Waals surface area contributed by atoms with Crippen molar-refractivity contribution in [3.8, 4) is 5.75 Å². The van der Waals surface area contributed by atoms with Crippen molar-refractivity contribution < 1.29 is 17.9 Å². The topological polar surface area (TPSA) is 84.5 Å². The van der Waals surface area contributed by atoms with E-state index in [1.165, 1.54) is 0 Å². The number of hydrogen-bond acceptors (Lipinski definition) is 4. The van der Waals surface area contributed by atoms with E-state index in [1.807, 2.05) is 31.2 Å². The van der Waals surface area contributed by atoms with E-state index >= 15 is 0 Å². The number of amides is 1. The highest BCUT2D eigenvalue weighted by Crippen LogP contribution is 2.18. The molecule has 0 saturated heterocycles. The third kappa shape index (κ3) is 5.92. The smallest absolute Gasteiger partial charge is 0.258 e. The first-order valence-electron chi connectivity index (χ1n) is 7.38. The average molecular weight is 348 g/mol. The average Bonchev–Trinajstić information content (AvgIpc) is 2.52. The molecule has 2 N–H and O–H groups in total. The summed E-state index contributed by atoms with van der Waals surface area (Å²) < 4.78 is 30.4. The van der Waals surface area contributed by atoms with Crippen molar-refractivity contribution in [2.24, 2.45) is 0 Å². The number of rotatable bonds is 7. The van der Waals surface area contributed by atoms with Crippen LogP contribution in [0.15, 0.2) is 54.6 Å². The molecular weight excluding hydrogens is 328 g/mol. The maximum atomic E-state index is 12.0. The lowest BCUT2D eigenvalue weighted by atomic mass is 10.1. The number of ether oxygens (including phenoxy) is 1. The summed E-state index contributed by atoms with van der Waals surface area (Å²) in [5.41, 5.74) is 1.24. The van der Waals surface area contributed by atoms with Gasteiger partial charge in [0.15, 0.2) is 6.61 Å². The molecule has 2 aromatic rings. The minimum atomic E-state index is -3.34. The minimum Gasteiger partial charge on any atom is -0.484 e. The second-order valence-electron chi connectivity index (χ2n) is 5.39. The fourth-order valence-corrected chi connectivity index (χ4v) is 2.67. The van der Waals surface area contributed by atoms with E-state index in [1.54, 1.807) is 30.3 Å². The Morgan fingerprint density at radius 1 is 1.12 bits per heavy atom. The van der Waals surface area contributed by atoms with Crippen molar-refractivity contribution in [2.75, 3.05) is 17.6 Å². The Hall–Kier alpha value is -2.54. The first-order valence-corrected chi connectivity index (χ1v) is 9.27. The summed E-state index contributed by atoms with van der Waals surface area (Å²) in [5.74, 6) is 0.368. The molecule has 24 heavy (non-hydrogen) atoms. The molecule has 2 aromatic carbocycles. The lowest BCUT2D eigenvalue weighted by Crippen LogP contribution is -2.31. The molecule has 0 radical (unpaired) electrons. The van der Waals surface area contributed by atoms with E-state index in [2.05, 4.69) is 10.0 Å². The first-order chi connectivity index (χ1) is 11.3. The van der Waals surface area contributed by atoms with Crippen molar-refractivity contribution in [3.05, 3.63) is 60.2 Å². The maximum Gasteiger partial charge on any atom is 0.258 e. The van der Waals surface area contributed by atoms with Gasteiger partial charge in [0.05, 0.1) is 12.3 Å². The Kier molecular flexibility index (Phi) is 5.81. The summed E-state index contributed by atoms with van der Waals surface area (Å²) in [7, 11) is -3.34. The molecule has 0 unspecified atom stereocenters. The lowest BCUT2D eigenvalue weighted by Gasteiger charge is -2.16. The largest absolute Gasteiger partial charge is 0.484 e. The molecule has 0 aliphatic rings. The van der Waals surface area contributed by atoms with Gasteiger partial charge < -0.3 is 10.1 Å². The van der Waals surface area contributed by atoms with E-state index < -0.39 is 10.0 Å². The molecule has 0 bridgehead atoms. The zero-order valence-electron chi connectivity index (χ0n) is 13.5. The van der Waals surface area contributed by atoms with Crippen LogP contribution in [-0.4, -0.2) is 27.2 Å². The van der Waals surface area contributed by atoms with Crippen LogP contribution in [0, 0.1) is 0 Å². The number of anilines is 1. The fraction of sp³-hybridized carbons (Fsp3) is 0.235. The summed E-state index contributed by atoms with van der Waals surface area (Å²) in [4.78, 5) is 12.0. The van der Waals surface area contributed by atoms with Gasteiger partial charge in [-0.2, -0.15) is 0 Å². The van der Waals surface area contributed by atoms with Gasteiger partial charge in [0.1, 0.15) is 5.75 Å². The van der Waals surface area contributed by atoms with Crippen LogP contribution in [0.4, 0.5) is 5.69 Å². The number of nitrogens with one attached hydrogen (secondary N) is 2. The number of sulfonamides is 1. The van der Waals surface area contributed by atoms with Gasteiger partial charge in [-0.25, -0.2) is 8.42 Å². The van der Waals surface area contributed by atoms with Gasteiger partial charge in [-0.1, -0.05) is 30.3 Å². The normalized spacial score (nSPS) is 12.2. The molecule has 1 amide bonds. The highest BCUT2D eigenvalue weighted by Gasteiger charge is 2.11. The zero-order chi connectivity index (χ0) is 17.6. The molecule has 1 atom stereocenters. The predicted octanol–water partition coefficient (Wildman–Crippen LogP) is 2.31. The van der Waals surface area contributed by atoms with Gasteiger partial charge in [-0.15, -0.1) is 0 Å². The Labute approximate surface area is 141 Å². The van der Waals surface area contributed by atoms with Crippen molar-refractivity contribution >= 4 is 21.6 Å². The fourth-order valence-electron chi connectivity index (χ4n) is 2.12. The second-order valence-corrected chi connectivity index (χ2v) is 7.14. The van der Waals surface area contributed by atoms with Gasteiger partial charge in [0.25, 0.3) is 5.91 Å². The molecule has 2 rings (SSSR count). The molecule has 0 aliphatic carbocycles. The number of carbonyl (C=O) groups excluding carboxylic acids is 1. The highest BCUT2D eigenvalue weighted by atomic mass is 32.2. The summed E-state index contributed by atoms with van der Waals surface area (Å²) in [5, 5.41) is 2.82. The minimum absolute atomic E-state index is 0.0877. The summed E-state index contributed by atoms with van der Waals surface area (Å²) in [6.07, 6.45) is 1.09. The van der Waals surface area contributed by atoms with E-state index in [9.17, 15) is 13.2 Å². The third-order valence-electron chi connectivity index (χ3n) is 3.18. The number of carbonyl (C=O) groups is 1. The molecule has 6 nitrogen and oxygen atoms in total. The van der Waals surface area contributed by atoms with Crippen molar-refractivity contribution in [1.82, 2.24) is 5.32 Å². The maximum absolute atomic E-state index is 12.0. The van der Waals surface area contributed by atoms with Gasteiger partial charge in [0.2, 0.25) is 10.0 Å². The van der Waals surface area contributed by atoms with Crippen LogP contribution in [-0.2, 0) is 14.8 Å². The number of para-hydroxylation sites is 1. The van der Waals surface area contributed by atoms with Crippen molar-refractivity contribution in [2.45, 2.75) is 13.0 Å². The Bertz CT molecular complexity index is 791. The summed E-state index contributed by atoms with van der Waals surface area (Å²) in [6, 6.07) is 15.7. The molecule has 0 spiro atoms. The van der Waals surface area contributed by atoms with E-state index in [0.29, 0.717) is 11.4 Å². The third-order valence-corrected chi connectivity index (χ3v) is 3.79. The molecule has 7 heteroatoms. The number of benzene rings is 2. The van der Waals surface area contributed by atoms with Gasteiger partial charge in [-0.3, -0.25) is 9.52 Å². The quantitative estimate of drug-likeness (QED) is 0.804. The van der Waals surface area contributed by atoms with Gasteiger partial charge in [-0.05, 0) is 36.8 Å². The van der Waals surface area contributed by atoms with E-state index in [0.717, 1.165) is 11.8 Å². The SMILES string of the molecule is C[C@H](NC(=O)COc1ccccc1)c1cccc(NS(C)(=O)=O)c1. The lowest BCUT2D eigenvalue weighted by molar-refractivity contribution is -0.123. The van der Waals surface area contributed by atoms with Crippen LogP contribution in [0.25, 0.3) is 0 Å². The van der Waals surface area contributed by atoms with Crippen molar-refractivity contribution in [1.29, 1.82) is 0 Å². The van der Waals surface area contributed by atoms with Crippen molar-refractivity contribution in [3.63, 3.8) is 0 Å². The van der Waals surface area contributed by atoms with Crippen LogP contribution in [0.5, 0.6) is 5.75 Å². The zero-order valence-corrected chi connectivity index (χ0v) is 14.3. The molecule has 0 heterocycles. The first kappa shape index (κ1) is 17.8. The van der Waals surface area contributed by atoms with Crippen LogP contribution in [0.1, 0.15) is 18.5 Å². The predicted molar refractivity (Wildman–Crippen MR) is 93.4 cm³/mol. The molecule has 0 fully saturated rings. The molecular formula is C17H20N2O4S. The Balaban J connectivity index is 1.93. The monoisotopic (exact) mass is 348 g/mol. The van der Waals surface area contributed by atoms with Crippen LogP contribution in [0.3, 0.4) is 0 Å². The van der Waals surface area contributed by atoms with Crippen LogP contribution in [0.2, 0.25) is 0 Å². The molecule has 0 aromatic heterocycles.